The van der Waals surface area contributed by atoms with Gasteiger partial charge in [-0.3, -0.25) is 9.59 Å². The maximum Gasteiger partial charge on any atom is 0.253 e. The van der Waals surface area contributed by atoms with Crippen LogP contribution < -0.4 is 10.6 Å². The fourth-order valence-corrected chi connectivity index (χ4v) is 2.35. The molecular weight excluding hydrogens is 254 g/mol. The van der Waals surface area contributed by atoms with E-state index in [4.69, 9.17) is 0 Å². The molecule has 1 heterocycles. The van der Waals surface area contributed by atoms with E-state index in [9.17, 15) is 9.59 Å². The number of hydrogen-bond acceptors (Lipinski definition) is 3. The standard InChI is InChI=1S/C15H21N3O2/c1-18(2)15(20)12-4-3-5-13(9-12)17-14(19)8-11-6-7-16-10-11/h3-5,9,11,16H,6-8,10H2,1-2H3,(H,17,19). The highest BCUT2D eigenvalue weighted by atomic mass is 16.2. The zero-order chi connectivity index (χ0) is 14.5. The first-order chi connectivity index (χ1) is 9.56. The molecule has 1 fully saturated rings. The van der Waals surface area contributed by atoms with Gasteiger partial charge in [0.2, 0.25) is 5.91 Å². The van der Waals surface area contributed by atoms with Crippen molar-refractivity contribution in [3.63, 3.8) is 0 Å². The van der Waals surface area contributed by atoms with E-state index in [1.165, 1.54) is 4.90 Å². The molecule has 0 aromatic heterocycles. The summed E-state index contributed by atoms with van der Waals surface area (Å²) in [5.74, 6) is 0.357. The molecule has 20 heavy (non-hydrogen) atoms. The van der Waals surface area contributed by atoms with Gasteiger partial charge in [0.25, 0.3) is 5.91 Å². The lowest BCUT2D eigenvalue weighted by atomic mass is 10.0. The first-order valence-corrected chi connectivity index (χ1v) is 6.88. The highest BCUT2D eigenvalue weighted by Crippen LogP contribution is 2.16. The number of amides is 2. The van der Waals surface area contributed by atoms with Crippen LogP contribution >= 0.6 is 0 Å². The summed E-state index contributed by atoms with van der Waals surface area (Å²) in [7, 11) is 3.42. The molecule has 1 aliphatic rings. The molecule has 1 saturated heterocycles. The number of anilines is 1. The van der Waals surface area contributed by atoms with Crippen molar-refractivity contribution in [2.24, 2.45) is 5.92 Å². The smallest absolute Gasteiger partial charge is 0.253 e. The van der Waals surface area contributed by atoms with Gasteiger partial charge in [0.1, 0.15) is 0 Å². The summed E-state index contributed by atoms with van der Waals surface area (Å²) in [5.41, 5.74) is 1.25. The summed E-state index contributed by atoms with van der Waals surface area (Å²) < 4.78 is 0. The van der Waals surface area contributed by atoms with Gasteiger partial charge in [0.05, 0.1) is 0 Å². The number of carbonyl (C=O) groups is 2. The lowest BCUT2D eigenvalue weighted by molar-refractivity contribution is -0.116. The van der Waals surface area contributed by atoms with Crippen molar-refractivity contribution < 1.29 is 9.59 Å². The molecule has 0 spiro atoms. The Balaban J connectivity index is 1.96. The van der Waals surface area contributed by atoms with E-state index < -0.39 is 0 Å². The van der Waals surface area contributed by atoms with E-state index >= 15 is 0 Å². The monoisotopic (exact) mass is 275 g/mol. The van der Waals surface area contributed by atoms with Gasteiger partial charge < -0.3 is 15.5 Å². The molecule has 0 radical (unpaired) electrons. The fraction of sp³-hybridized carbons (Fsp3) is 0.467. The number of nitrogens with one attached hydrogen (secondary N) is 2. The molecule has 2 N–H and O–H groups in total. The Bertz CT molecular complexity index is 494. The van der Waals surface area contributed by atoms with Gasteiger partial charge in [-0.05, 0) is 43.6 Å². The first-order valence-electron chi connectivity index (χ1n) is 6.88. The summed E-state index contributed by atoms with van der Waals surface area (Å²) in [4.78, 5) is 25.3. The second kappa shape index (κ2) is 6.52. The number of benzene rings is 1. The van der Waals surface area contributed by atoms with E-state index in [-0.39, 0.29) is 11.8 Å². The minimum Gasteiger partial charge on any atom is -0.345 e. The molecule has 5 nitrogen and oxygen atoms in total. The van der Waals surface area contributed by atoms with Crippen LogP contribution in [0, 0.1) is 5.92 Å². The maximum absolute atomic E-state index is 11.9. The average molecular weight is 275 g/mol. The number of hydrogen-bond donors (Lipinski definition) is 2. The Morgan fingerprint density at radius 2 is 2.20 bits per heavy atom. The second-order valence-electron chi connectivity index (χ2n) is 5.39. The highest BCUT2D eigenvalue weighted by Gasteiger charge is 2.18. The van der Waals surface area contributed by atoms with Crippen molar-refractivity contribution in [1.29, 1.82) is 0 Å². The van der Waals surface area contributed by atoms with Gasteiger partial charge in [0, 0.05) is 31.8 Å². The Morgan fingerprint density at radius 3 is 2.85 bits per heavy atom. The molecule has 1 unspecified atom stereocenters. The highest BCUT2D eigenvalue weighted by molar-refractivity contribution is 5.97. The summed E-state index contributed by atoms with van der Waals surface area (Å²) in [6.45, 7) is 1.90. The molecule has 1 aromatic carbocycles. The van der Waals surface area contributed by atoms with Gasteiger partial charge in [-0.15, -0.1) is 0 Å². The van der Waals surface area contributed by atoms with Crippen molar-refractivity contribution in [1.82, 2.24) is 10.2 Å². The van der Waals surface area contributed by atoms with Crippen LogP contribution in [0.3, 0.4) is 0 Å². The third kappa shape index (κ3) is 3.81. The number of rotatable bonds is 4. The largest absolute Gasteiger partial charge is 0.345 e. The van der Waals surface area contributed by atoms with Crippen molar-refractivity contribution in [3.8, 4) is 0 Å². The number of carbonyl (C=O) groups excluding carboxylic acids is 2. The van der Waals surface area contributed by atoms with E-state index in [0.29, 0.717) is 23.6 Å². The predicted molar refractivity (Wildman–Crippen MR) is 78.7 cm³/mol. The summed E-state index contributed by atoms with van der Waals surface area (Å²) in [6, 6.07) is 7.05. The third-order valence-corrected chi connectivity index (χ3v) is 3.44. The van der Waals surface area contributed by atoms with Crippen LogP contribution in [0.2, 0.25) is 0 Å². The van der Waals surface area contributed by atoms with Crippen LogP contribution in [-0.2, 0) is 4.79 Å². The molecule has 2 rings (SSSR count). The normalized spacial score (nSPS) is 17.8. The molecule has 1 aromatic rings. The topological polar surface area (TPSA) is 61.4 Å². The van der Waals surface area contributed by atoms with E-state index in [2.05, 4.69) is 10.6 Å². The van der Waals surface area contributed by atoms with E-state index in [1.54, 1.807) is 38.4 Å². The van der Waals surface area contributed by atoms with Crippen molar-refractivity contribution in [3.05, 3.63) is 29.8 Å². The van der Waals surface area contributed by atoms with Crippen LogP contribution in [0.1, 0.15) is 23.2 Å². The van der Waals surface area contributed by atoms with Crippen LogP contribution in [0.4, 0.5) is 5.69 Å². The minimum absolute atomic E-state index is 0.00755. The lowest BCUT2D eigenvalue weighted by Gasteiger charge is -2.12. The SMILES string of the molecule is CN(C)C(=O)c1cccc(NC(=O)CC2CCNC2)c1. The third-order valence-electron chi connectivity index (χ3n) is 3.44. The Morgan fingerprint density at radius 1 is 1.40 bits per heavy atom. The summed E-state index contributed by atoms with van der Waals surface area (Å²) >= 11 is 0. The summed E-state index contributed by atoms with van der Waals surface area (Å²) in [5, 5.41) is 6.11. The van der Waals surface area contributed by atoms with Crippen LogP contribution in [-0.4, -0.2) is 43.9 Å². The van der Waals surface area contributed by atoms with Gasteiger partial charge in [-0.2, -0.15) is 0 Å². The lowest BCUT2D eigenvalue weighted by Crippen LogP contribution is -2.22. The fourth-order valence-electron chi connectivity index (χ4n) is 2.35. The molecule has 0 aliphatic carbocycles. The van der Waals surface area contributed by atoms with Crippen LogP contribution in [0.25, 0.3) is 0 Å². The molecule has 0 saturated carbocycles. The van der Waals surface area contributed by atoms with Crippen molar-refractivity contribution >= 4 is 17.5 Å². The van der Waals surface area contributed by atoms with Gasteiger partial charge in [-0.25, -0.2) is 0 Å². The van der Waals surface area contributed by atoms with Crippen molar-refractivity contribution in [2.75, 3.05) is 32.5 Å². The van der Waals surface area contributed by atoms with Crippen molar-refractivity contribution in [2.45, 2.75) is 12.8 Å². The predicted octanol–water partition coefficient (Wildman–Crippen LogP) is 1.33. The van der Waals surface area contributed by atoms with Gasteiger partial charge in [0.15, 0.2) is 0 Å². The van der Waals surface area contributed by atoms with Gasteiger partial charge in [-0.1, -0.05) is 6.07 Å². The molecule has 0 bridgehead atoms. The van der Waals surface area contributed by atoms with E-state index in [1.807, 2.05) is 0 Å². The maximum atomic E-state index is 11.9. The van der Waals surface area contributed by atoms with Crippen LogP contribution in [0.5, 0.6) is 0 Å². The van der Waals surface area contributed by atoms with Gasteiger partial charge >= 0.3 is 0 Å². The zero-order valence-corrected chi connectivity index (χ0v) is 12.0. The zero-order valence-electron chi connectivity index (χ0n) is 12.0. The van der Waals surface area contributed by atoms with Crippen LogP contribution in [0.15, 0.2) is 24.3 Å². The number of nitrogens with zero attached hydrogens (tertiary/aromatic N) is 1. The quantitative estimate of drug-likeness (QED) is 0.871. The van der Waals surface area contributed by atoms with E-state index in [0.717, 1.165) is 19.5 Å². The second-order valence-corrected chi connectivity index (χ2v) is 5.39. The molecule has 2 amide bonds. The minimum atomic E-state index is -0.0684. The first kappa shape index (κ1) is 14.5. The molecule has 108 valence electrons. The Kier molecular flexibility index (Phi) is 4.74. The average Bonchev–Trinajstić information content (AvgIpc) is 2.90. The molecule has 1 atom stereocenters. The molecule has 1 aliphatic heterocycles. The molecular formula is C15H21N3O2. The molecule has 5 heteroatoms. The Hall–Kier alpha value is -1.88. The summed E-state index contributed by atoms with van der Waals surface area (Å²) in [6.07, 6.45) is 1.57. The Labute approximate surface area is 119 Å².